The Hall–Kier alpha value is -2.97. The van der Waals surface area contributed by atoms with Gasteiger partial charge in [-0.25, -0.2) is 5.43 Å². The van der Waals surface area contributed by atoms with Crippen LogP contribution in [0, 0.1) is 13.8 Å². The Morgan fingerprint density at radius 3 is 2.44 bits per heavy atom. The van der Waals surface area contributed by atoms with Crippen LogP contribution in [0.5, 0.6) is 5.75 Å². The van der Waals surface area contributed by atoms with Crippen LogP contribution in [0.1, 0.15) is 27.0 Å². The number of aryl methyl sites for hydroxylation is 2. The number of rotatable bonds is 7. The summed E-state index contributed by atoms with van der Waals surface area (Å²) >= 11 is 6.77. The van der Waals surface area contributed by atoms with Gasteiger partial charge in [-0.1, -0.05) is 33.6 Å². The van der Waals surface area contributed by atoms with Crippen LogP contribution in [0.2, 0.25) is 0 Å². The third-order valence-corrected chi connectivity index (χ3v) is 5.61. The lowest BCUT2D eigenvalue weighted by molar-refractivity contribution is -0.118. The molecule has 0 atom stereocenters. The molecule has 0 aliphatic heterocycles. The van der Waals surface area contributed by atoms with E-state index in [9.17, 15) is 9.59 Å². The number of hydrogen-bond acceptors (Lipinski definition) is 4. The van der Waals surface area contributed by atoms with E-state index in [0.717, 1.165) is 26.9 Å². The quantitative estimate of drug-likeness (QED) is 0.292. The fourth-order valence-electron chi connectivity index (χ4n) is 2.83. The number of hydrogen-bond donors (Lipinski definition) is 2. The predicted octanol–water partition coefficient (Wildman–Crippen LogP) is 5.61. The van der Waals surface area contributed by atoms with Gasteiger partial charge in [-0.05, 0) is 89.4 Å². The van der Waals surface area contributed by atoms with Crippen LogP contribution >= 0.6 is 31.9 Å². The van der Waals surface area contributed by atoms with Gasteiger partial charge < -0.3 is 10.1 Å². The lowest BCUT2D eigenvalue weighted by Crippen LogP contribution is -2.20. The van der Waals surface area contributed by atoms with E-state index in [-0.39, 0.29) is 18.4 Å². The van der Waals surface area contributed by atoms with E-state index in [0.29, 0.717) is 15.8 Å². The number of nitrogens with one attached hydrogen (secondary N) is 2. The van der Waals surface area contributed by atoms with Gasteiger partial charge in [0.2, 0.25) is 0 Å². The monoisotopic (exact) mass is 557 g/mol. The summed E-state index contributed by atoms with van der Waals surface area (Å²) in [5.41, 5.74) is 6.64. The second-order valence-electron chi connectivity index (χ2n) is 7.05. The van der Waals surface area contributed by atoms with E-state index < -0.39 is 0 Å². The summed E-state index contributed by atoms with van der Waals surface area (Å²) in [7, 11) is 0. The third-order valence-electron chi connectivity index (χ3n) is 4.46. The Bertz CT molecular complexity index is 1160. The summed E-state index contributed by atoms with van der Waals surface area (Å²) in [5, 5.41) is 6.83. The number of hydrazone groups is 1. The number of halogens is 2. The maximum atomic E-state index is 12.2. The number of ether oxygens (including phenoxy) is 1. The minimum Gasteiger partial charge on any atom is -0.483 e. The number of nitrogens with zero attached hydrogens (tertiary/aromatic N) is 1. The standard InChI is InChI=1S/C24H21Br2N3O3/c1-15-3-9-21(16(2)11-15)28-23(30)14-32-22-10-4-17(12-20(22)26)13-27-29-24(31)18-5-7-19(25)8-6-18/h3-13H,14H2,1-2H3,(H,28,30)(H,29,31)/b27-13+. The Morgan fingerprint density at radius 1 is 1.00 bits per heavy atom. The summed E-state index contributed by atoms with van der Waals surface area (Å²) in [4.78, 5) is 24.3. The van der Waals surface area contributed by atoms with Gasteiger partial charge in [0.25, 0.3) is 11.8 Å². The molecule has 32 heavy (non-hydrogen) atoms. The summed E-state index contributed by atoms with van der Waals surface area (Å²) < 4.78 is 7.19. The smallest absolute Gasteiger partial charge is 0.271 e. The first-order valence-electron chi connectivity index (χ1n) is 9.70. The molecule has 0 unspecified atom stereocenters. The molecule has 0 spiro atoms. The maximum Gasteiger partial charge on any atom is 0.271 e. The van der Waals surface area contributed by atoms with Crippen molar-refractivity contribution in [2.24, 2.45) is 5.10 Å². The van der Waals surface area contributed by atoms with Crippen molar-refractivity contribution in [1.29, 1.82) is 0 Å². The highest BCUT2D eigenvalue weighted by Crippen LogP contribution is 2.25. The van der Waals surface area contributed by atoms with Gasteiger partial charge in [-0.3, -0.25) is 9.59 Å². The summed E-state index contributed by atoms with van der Waals surface area (Å²) in [6, 6.07) is 18.1. The van der Waals surface area contributed by atoms with Crippen molar-refractivity contribution in [3.63, 3.8) is 0 Å². The second-order valence-corrected chi connectivity index (χ2v) is 8.82. The van der Waals surface area contributed by atoms with Crippen molar-refractivity contribution < 1.29 is 14.3 Å². The van der Waals surface area contributed by atoms with Crippen LogP contribution in [-0.2, 0) is 4.79 Å². The van der Waals surface area contributed by atoms with Gasteiger partial charge in [0.1, 0.15) is 5.75 Å². The van der Waals surface area contributed by atoms with E-state index >= 15 is 0 Å². The largest absolute Gasteiger partial charge is 0.483 e. The molecule has 0 saturated carbocycles. The second kappa shape index (κ2) is 11.1. The first-order chi connectivity index (χ1) is 15.3. The zero-order chi connectivity index (χ0) is 23.1. The Labute approximate surface area is 203 Å². The topological polar surface area (TPSA) is 79.8 Å². The number of carbonyl (C=O) groups is 2. The minimum atomic E-state index is -0.303. The minimum absolute atomic E-state index is 0.122. The van der Waals surface area contributed by atoms with Crippen molar-refractivity contribution in [2.75, 3.05) is 11.9 Å². The van der Waals surface area contributed by atoms with E-state index in [2.05, 4.69) is 47.7 Å². The van der Waals surface area contributed by atoms with Crippen molar-refractivity contribution in [3.8, 4) is 5.75 Å². The molecule has 3 aromatic rings. The number of anilines is 1. The Balaban J connectivity index is 1.53. The van der Waals surface area contributed by atoms with Crippen molar-refractivity contribution in [1.82, 2.24) is 5.43 Å². The molecule has 8 heteroatoms. The number of benzene rings is 3. The van der Waals surface area contributed by atoms with Crippen LogP contribution in [0.25, 0.3) is 0 Å². The fraction of sp³-hybridized carbons (Fsp3) is 0.125. The first kappa shape index (κ1) is 23.7. The average molecular weight is 559 g/mol. The highest BCUT2D eigenvalue weighted by atomic mass is 79.9. The molecule has 164 valence electrons. The Kier molecular flexibility index (Phi) is 8.19. The zero-order valence-corrected chi connectivity index (χ0v) is 20.7. The fourth-order valence-corrected chi connectivity index (χ4v) is 3.60. The first-order valence-corrected chi connectivity index (χ1v) is 11.3. The number of amides is 2. The van der Waals surface area contributed by atoms with Crippen molar-refractivity contribution >= 4 is 55.6 Å². The zero-order valence-electron chi connectivity index (χ0n) is 17.5. The van der Waals surface area contributed by atoms with Crippen LogP contribution < -0.4 is 15.5 Å². The highest BCUT2D eigenvalue weighted by Gasteiger charge is 2.09. The van der Waals surface area contributed by atoms with E-state index in [1.807, 2.05) is 32.0 Å². The van der Waals surface area contributed by atoms with Gasteiger partial charge >= 0.3 is 0 Å². The van der Waals surface area contributed by atoms with Crippen LogP contribution in [-0.4, -0.2) is 24.6 Å². The van der Waals surface area contributed by atoms with Crippen molar-refractivity contribution in [2.45, 2.75) is 13.8 Å². The summed E-state index contributed by atoms with van der Waals surface area (Å²) in [6.45, 7) is 3.83. The van der Waals surface area contributed by atoms with Gasteiger partial charge in [-0.2, -0.15) is 5.10 Å². The maximum absolute atomic E-state index is 12.2. The third kappa shape index (κ3) is 6.77. The molecule has 0 aliphatic carbocycles. The lowest BCUT2D eigenvalue weighted by Gasteiger charge is -2.11. The van der Waals surface area contributed by atoms with E-state index in [1.54, 1.807) is 42.5 Å². The molecule has 2 N–H and O–H groups in total. The molecule has 3 rings (SSSR count). The molecule has 2 amide bonds. The summed E-state index contributed by atoms with van der Waals surface area (Å²) in [5.74, 6) is -0.0235. The SMILES string of the molecule is Cc1ccc(NC(=O)COc2ccc(/C=N/NC(=O)c3ccc(Br)cc3)cc2Br)c(C)c1. The molecule has 6 nitrogen and oxygen atoms in total. The molecular formula is C24H21Br2N3O3. The molecule has 0 aromatic heterocycles. The van der Waals surface area contributed by atoms with Gasteiger partial charge in [0.05, 0.1) is 10.7 Å². The normalized spacial score (nSPS) is 10.8. The lowest BCUT2D eigenvalue weighted by atomic mass is 10.1. The molecular weight excluding hydrogens is 538 g/mol. The molecule has 0 bridgehead atoms. The molecule has 3 aromatic carbocycles. The highest BCUT2D eigenvalue weighted by molar-refractivity contribution is 9.10. The van der Waals surface area contributed by atoms with Crippen LogP contribution in [0.15, 0.2) is 74.7 Å². The van der Waals surface area contributed by atoms with Gasteiger partial charge in [0.15, 0.2) is 6.61 Å². The molecule has 0 saturated heterocycles. The van der Waals surface area contributed by atoms with Crippen molar-refractivity contribution in [3.05, 3.63) is 91.9 Å². The predicted molar refractivity (Wildman–Crippen MR) is 133 cm³/mol. The molecule has 0 fully saturated rings. The van der Waals surface area contributed by atoms with E-state index in [1.165, 1.54) is 6.21 Å². The van der Waals surface area contributed by atoms with Gasteiger partial charge in [0, 0.05) is 15.7 Å². The average Bonchev–Trinajstić information content (AvgIpc) is 2.75. The van der Waals surface area contributed by atoms with Gasteiger partial charge in [-0.15, -0.1) is 0 Å². The van der Waals surface area contributed by atoms with Crippen LogP contribution in [0.4, 0.5) is 5.69 Å². The van der Waals surface area contributed by atoms with E-state index in [4.69, 9.17) is 4.74 Å². The Morgan fingerprint density at radius 2 is 1.75 bits per heavy atom. The molecule has 0 aliphatic rings. The molecule has 0 heterocycles. The molecule has 0 radical (unpaired) electrons. The number of carbonyl (C=O) groups excluding carboxylic acids is 2. The van der Waals surface area contributed by atoms with Crippen LogP contribution in [0.3, 0.4) is 0 Å². The summed E-state index contributed by atoms with van der Waals surface area (Å²) in [6.07, 6.45) is 1.53.